The largest absolute Gasteiger partial charge is 0.496 e. The maximum Gasteiger partial charge on any atom is 0.309 e. The zero-order valence-corrected chi connectivity index (χ0v) is 46.9. The fraction of sp³-hybridized carbons (Fsp3) is 0.719. The Labute approximate surface area is 443 Å². The second kappa shape index (κ2) is 24.8. The van der Waals surface area contributed by atoms with Crippen molar-refractivity contribution in [1.82, 2.24) is 10.2 Å². The number of ether oxygens (including phenoxy) is 8. The highest BCUT2D eigenvalue weighted by Gasteiger charge is 2.55. The Hall–Kier alpha value is -3.92. The summed E-state index contributed by atoms with van der Waals surface area (Å²) < 4.78 is 55.2. The molecule has 1 aromatic heterocycles. The highest BCUT2D eigenvalue weighted by Crippen LogP contribution is 2.46. The fourth-order valence-electron chi connectivity index (χ4n) is 12.4. The number of rotatable bonds is 15. The smallest absolute Gasteiger partial charge is 0.309 e. The number of aliphatic hydroxyl groups excluding tert-OH is 3. The van der Waals surface area contributed by atoms with Crippen LogP contribution in [0.25, 0.3) is 22.3 Å². The molecule has 75 heavy (non-hydrogen) atoms. The second-order valence-corrected chi connectivity index (χ2v) is 22.7. The molecule has 0 bridgehead atoms. The van der Waals surface area contributed by atoms with Crippen molar-refractivity contribution < 1.29 is 72.6 Å². The summed E-state index contributed by atoms with van der Waals surface area (Å²) in [7, 11) is 8.30. The van der Waals surface area contributed by atoms with E-state index < -0.39 is 107 Å². The third-order valence-corrected chi connectivity index (χ3v) is 16.8. The highest BCUT2D eigenvalue weighted by molar-refractivity contribution is 5.86. The molecule has 4 heterocycles. The lowest BCUT2D eigenvalue weighted by molar-refractivity contribution is -0.302. The van der Waals surface area contributed by atoms with Gasteiger partial charge in [-0.2, -0.15) is 0 Å². The molecular formula is C57H88N2O16. The van der Waals surface area contributed by atoms with E-state index in [0.29, 0.717) is 65.5 Å². The number of nitrogens with zero attached hydrogens (tertiary/aromatic N) is 1. The molecule has 3 fully saturated rings. The van der Waals surface area contributed by atoms with Gasteiger partial charge < -0.3 is 78.1 Å². The van der Waals surface area contributed by atoms with Crippen molar-refractivity contribution in [2.45, 2.75) is 185 Å². The summed E-state index contributed by atoms with van der Waals surface area (Å²) in [6.07, 6.45) is -7.05. The van der Waals surface area contributed by atoms with Crippen LogP contribution >= 0.6 is 0 Å². The molecule has 0 amide bonds. The quantitative estimate of drug-likeness (QED) is 0.0790. The van der Waals surface area contributed by atoms with E-state index in [1.54, 1.807) is 71.0 Å². The van der Waals surface area contributed by atoms with Crippen LogP contribution in [0.3, 0.4) is 0 Å². The van der Waals surface area contributed by atoms with Gasteiger partial charge in [-0.25, -0.2) is 0 Å². The number of cyclic esters (lactones) is 1. The molecule has 0 spiro atoms. The lowest BCUT2D eigenvalue weighted by atomic mass is 9.67. The van der Waals surface area contributed by atoms with E-state index in [1.807, 2.05) is 46.7 Å². The van der Waals surface area contributed by atoms with E-state index >= 15 is 0 Å². The maximum atomic E-state index is 14.7. The highest BCUT2D eigenvalue weighted by atomic mass is 16.7. The number of carbonyl (C=O) groups is 1. The number of hydrogen-bond acceptors (Lipinski definition) is 18. The Balaban J connectivity index is 1.28. The van der Waals surface area contributed by atoms with E-state index in [1.165, 1.54) is 34.3 Å². The van der Waals surface area contributed by atoms with Crippen molar-refractivity contribution in [2.24, 2.45) is 29.6 Å². The molecule has 0 aliphatic carbocycles. The van der Waals surface area contributed by atoms with Crippen molar-refractivity contribution in [2.75, 3.05) is 48.6 Å². The molecule has 6 rings (SSSR count). The summed E-state index contributed by atoms with van der Waals surface area (Å²) in [6, 6.07) is 11.1. The van der Waals surface area contributed by atoms with Crippen LogP contribution in [0.2, 0.25) is 0 Å². The third kappa shape index (κ3) is 13.2. The molecule has 3 aliphatic heterocycles. The Morgan fingerprint density at radius 1 is 0.840 bits per heavy atom. The predicted octanol–water partition coefficient (Wildman–Crippen LogP) is 5.71. The predicted molar refractivity (Wildman–Crippen MR) is 283 cm³/mol. The topological polar surface area (TPSA) is 238 Å². The van der Waals surface area contributed by atoms with Gasteiger partial charge in [-0.1, -0.05) is 34.6 Å². The van der Waals surface area contributed by atoms with Crippen LogP contribution in [0.1, 0.15) is 101 Å². The van der Waals surface area contributed by atoms with Crippen molar-refractivity contribution in [3.05, 3.63) is 52.7 Å². The number of fused-ring (bicyclic) bond motifs is 1. The Bertz CT molecular complexity index is 2400. The summed E-state index contributed by atoms with van der Waals surface area (Å²) in [4.78, 5) is 29.8. The fourth-order valence-corrected chi connectivity index (χ4v) is 12.4. The SMILES string of the molecule is CC[C@H]1OC(=O)[C@H](C)[C@@H](C2C[C@@](C)(OC)[C@@H](O)[C@H](C)O2)[C@H](C)[C@@H](O[C@@H]2O[C@H](C)C[C@H](N(C)C)[C@H]2O)[C@](C)(O)C[C@@H](C)C(NCCCOc2ccc(-c3cc(=O)c4c(OC)cc(OC)cc4o3)cc2)[C@H](C)[C@@H](O)[C@]1(C)O. The Morgan fingerprint density at radius 2 is 1.52 bits per heavy atom. The number of benzene rings is 2. The monoisotopic (exact) mass is 1060 g/mol. The molecule has 3 aliphatic rings. The van der Waals surface area contributed by atoms with Gasteiger partial charge in [0, 0.05) is 61.2 Å². The minimum absolute atomic E-state index is 0.106. The van der Waals surface area contributed by atoms with Crippen LogP contribution in [-0.4, -0.2) is 169 Å². The number of likely N-dealkylation sites (N-methyl/N-ethyl adjacent to an activating group) is 1. The van der Waals surface area contributed by atoms with Crippen LogP contribution in [0.4, 0.5) is 0 Å². The molecule has 2 unspecified atom stereocenters. The average Bonchev–Trinajstić information content (AvgIpc) is 3.36. The Morgan fingerprint density at radius 3 is 2.13 bits per heavy atom. The maximum absolute atomic E-state index is 14.7. The summed E-state index contributed by atoms with van der Waals surface area (Å²) in [5, 5.41) is 64.8. The van der Waals surface area contributed by atoms with Crippen molar-refractivity contribution in [1.29, 1.82) is 0 Å². The van der Waals surface area contributed by atoms with Crippen LogP contribution < -0.4 is 25.0 Å². The van der Waals surface area contributed by atoms with E-state index in [9.17, 15) is 35.1 Å². The lowest BCUT2D eigenvalue weighted by Crippen LogP contribution is -2.63. The van der Waals surface area contributed by atoms with Crippen LogP contribution in [0.5, 0.6) is 17.2 Å². The van der Waals surface area contributed by atoms with Crippen LogP contribution in [-0.2, 0) is 28.5 Å². The van der Waals surface area contributed by atoms with Gasteiger partial charge in [0.25, 0.3) is 0 Å². The van der Waals surface area contributed by atoms with Gasteiger partial charge in [0.05, 0.1) is 68.5 Å². The second-order valence-electron chi connectivity index (χ2n) is 22.7. The molecule has 3 saturated heterocycles. The molecule has 18 nitrogen and oxygen atoms in total. The first-order chi connectivity index (χ1) is 35.2. The molecule has 6 N–H and O–H groups in total. The summed E-state index contributed by atoms with van der Waals surface area (Å²) in [6.45, 7) is 18.6. The number of hydrogen-bond donors (Lipinski definition) is 6. The number of esters is 1. The van der Waals surface area contributed by atoms with Crippen molar-refractivity contribution in [3.63, 3.8) is 0 Å². The molecule has 422 valence electrons. The minimum atomic E-state index is -1.91. The summed E-state index contributed by atoms with van der Waals surface area (Å²) in [5.41, 5.74) is -3.92. The molecule has 0 saturated carbocycles. The van der Waals surface area contributed by atoms with E-state index in [0.717, 1.165) is 0 Å². The molecule has 0 radical (unpaired) electrons. The number of aliphatic hydroxyl groups is 5. The lowest BCUT2D eigenvalue weighted by Gasteiger charge is -2.52. The zero-order chi connectivity index (χ0) is 55.5. The van der Waals surface area contributed by atoms with E-state index in [4.69, 9.17) is 42.3 Å². The Kier molecular flexibility index (Phi) is 20.0. The molecule has 18 heteroatoms. The first kappa shape index (κ1) is 60.3. The van der Waals surface area contributed by atoms with Crippen molar-refractivity contribution >= 4 is 16.9 Å². The van der Waals surface area contributed by atoms with Gasteiger partial charge in [-0.05, 0) is 117 Å². The third-order valence-electron chi connectivity index (χ3n) is 16.8. The first-order valence-electron chi connectivity index (χ1n) is 26.8. The zero-order valence-electron chi connectivity index (χ0n) is 46.9. The van der Waals surface area contributed by atoms with Gasteiger partial charge in [-0.3, -0.25) is 9.59 Å². The van der Waals surface area contributed by atoms with Gasteiger partial charge in [0.15, 0.2) is 11.7 Å². The first-order valence-corrected chi connectivity index (χ1v) is 26.8. The molecule has 19 atom stereocenters. The minimum Gasteiger partial charge on any atom is -0.496 e. The number of methoxy groups -OCH3 is 3. The van der Waals surface area contributed by atoms with Gasteiger partial charge in [0.1, 0.15) is 57.9 Å². The standard InChI is InChI=1S/C57H88N2O16/c1-16-45-57(10,66)50(62)34(6)48(58-22-17-23-70-37-20-18-36(19-21-37)41-27-40(60)47-42(68-14)25-38(67-13)26-43(47)73-41)30(2)28-55(8,65)52(75-54-49(61)39(59(11)12)24-31(3)71-54)32(4)46(33(5)53(64)74-45)44-29-56(9,69-15)51(63)35(7)72-44/h18-21,25-27,30-35,39,44-46,48-52,54,58,61-63,65-66H,16-17,22-24,28-29H2,1-15H3/t30-,31-,32+,33-,34+,35+,39+,44?,45-,46+,48?,49-,50-,51+,52-,54+,55-,56-,57-/m1/s1. The van der Waals surface area contributed by atoms with E-state index in [-0.39, 0.29) is 36.8 Å². The average molecular weight is 1060 g/mol. The number of carbonyl (C=O) groups excluding carboxylic acids is 1. The summed E-state index contributed by atoms with van der Waals surface area (Å²) in [5.74, 6) is -2.27. The van der Waals surface area contributed by atoms with Crippen molar-refractivity contribution in [3.8, 4) is 28.6 Å². The number of nitrogens with one attached hydrogen (secondary N) is 1. The molecular weight excluding hydrogens is 969 g/mol. The summed E-state index contributed by atoms with van der Waals surface area (Å²) >= 11 is 0. The van der Waals surface area contributed by atoms with Gasteiger partial charge >= 0.3 is 5.97 Å². The van der Waals surface area contributed by atoms with Gasteiger partial charge in [0.2, 0.25) is 0 Å². The molecule has 3 aromatic rings. The van der Waals surface area contributed by atoms with E-state index in [2.05, 4.69) is 5.32 Å². The normalized spacial score (nSPS) is 38.4. The van der Waals surface area contributed by atoms with Crippen LogP contribution in [0.15, 0.2) is 51.7 Å². The van der Waals surface area contributed by atoms with Gasteiger partial charge in [-0.15, -0.1) is 0 Å². The van der Waals surface area contributed by atoms with Crippen LogP contribution in [0, 0.1) is 29.6 Å². The molecule has 2 aromatic carbocycles.